The molecule has 2 N–H and O–H groups in total. The number of aryl methyl sites for hydroxylation is 1. The normalized spacial score (nSPS) is 16.0. The summed E-state index contributed by atoms with van der Waals surface area (Å²) in [5.41, 5.74) is 1.82. The summed E-state index contributed by atoms with van der Waals surface area (Å²) in [5.74, 6) is -0.382. The third-order valence-corrected chi connectivity index (χ3v) is 5.78. The van der Waals surface area contributed by atoms with Crippen LogP contribution in [-0.2, 0) is 14.8 Å². The number of sulfonamides is 1. The lowest BCUT2D eigenvalue weighted by Crippen LogP contribution is -2.40. The lowest BCUT2D eigenvalue weighted by Gasteiger charge is -2.25. The molecule has 0 bridgehead atoms. The number of carbonyl (C=O) groups excluding carboxylic acids is 1. The second kappa shape index (κ2) is 6.76. The highest BCUT2D eigenvalue weighted by Gasteiger charge is 2.28. The third-order valence-electron chi connectivity index (χ3n) is 3.90. The average molecular weight is 349 g/mol. The van der Waals surface area contributed by atoms with E-state index in [9.17, 15) is 13.2 Å². The van der Waals surface area contributed by atoms with E-state index >= 15 is 0 Å². The number of hydrogen-bond acceptors (Lipinski definition) is 4. The Hall–Kier alpha value is -2.16. The van der Waals surface area contributed by atoms with Crippen LogP contribution in [0.1, 0.15) is 16.1 Å². The van der Waals surface area contributed by atoms with Crippen molar-refractivity contribution in [2.45, 2.75) is 11.8 Å². The van der Waals surface area contributed by atoms with Crippen molar-refractivity contribution in [1.82, 2.24) is 9.29 Å². The summed E-state index contributed by atoms with van der Waals surface area (Å²) in [6, 6.07) is 8.75. The van der Waals surface area contributed by atoms with Crippen LogP contribution in [0.2, 0.25) is 0 Å². The Bertz CT molecular complexity index is 839. The highest BCUT2D eigenvalue weighted by atomic mass is 32.2. The molecule has 128 valence electrons. The van der Waals surface area contributed by atoms with Gasteiger partial charge in [-0.15, -0.1) is 0 Å². The van der Waals surface area contributed by atoms with E-state index in [1.54, 1.807) is 6.07 Å². The molecule has 8 heteroatoms. The van der Waals surface area contributed by atoms with E-state index in [0.717, 1.165) is 5.56 Å². The molecule has 0 unspecified atom stereocenters. The van der Waals surface area contributed by atoms with Gasteiger partial charge in [-0.05, 0) is 24.6 Å². The van der Waals surface area contributed by atoms with Crippen LogP contribution < -0.4 is 5.32 Å². The molecular formula is C16H19N3O4S. The number of morpholine rings is 1. The minimum atomic E-state index is -3.61. The Balaban J connectivity index is 1.77. The zero-order chi connectivity index (χ0) is 17.2. The van der Waals surface area contributed by atoms with Crippen LogP contribution in [0.4, 0.5) is 5.69 Å². The van der Waals surface area contributed by atoms with Gasteiger partial charge in [-0.3, -0.25) is 4.79 Å². The summed E-state index contributed by atoms with van der Waals surface area (Å²) in [6.45, 7) is 3.28. The van der Waals surface area contributed by atoms with Gasteiger partial charge < -0.3 is 15.0 Å². The van der Waals surface area contributed by atoms with Gasteiger partial charge in [0.15, 0.2) is 0 Å². The van der Waals surface area contributed by atoms with Gasteiger partial charge in [-0.1, -0.05) is 18.2 Å². The van der Waals surface area contributed by atoms with Gasteiger partial charge >= 0.3 is 0 Å². The number of carbonyl (C=O) groups is 1. The maximum absolute atomic E-state index is 12.6. The Kier molecular flexibility index (Phi) is 4.70. The van der Waals surface area contributed by atoms with Crippen LogP contribution in [0.3, 0.4) is 0 Å². The van der Waals surface area contributed by atoms with Crippen molar-refractivity contribution < 1.29 is 17.9 Å². The summed E-state index contributed by atoms with van der Waals surface area (Å²) in [4.78, 5) is 15.1. The molecule has 0 spiro atoms. The highest BCUT2D eigenvalue weighted by molar-refractivity contribution is 7.89. The Labute approximate surface area is 140 Å². The topological polar surface area (TPSA) is 91.5 Å². The van der Waals surface area contributed by atoms with Crippen molar-refractivity contribution in [1.29, 1.82) is 0 Å². The SMILES string of the molecule is Cc1ccccc1NC(=O)c1cc(S(=O)(=O)N2CCOCC2)c[nH]1. The Morgan fingerprint density at radius 1 is 1.25 bits per heavy atom. The third kappa shape index (κ3) is 3.35. The van der Waals surface area contributed by atoms with E-state index in [1.807, 2.05) is 25.1 Å². The Morgan fingerprint density at radius 3 is 2.67 bits per heavy atom. The smallest absolute Gasteiger partial charge is 0.272 e. The molecular weight excluding hydrogens is 330 g/mol. The number of hydrogen-bond donors (Lipinski definition) is 2. The molecule has 2 heterocycles. The summed E-state index contributed by atoms with van der Waals surface area (Å²) in [6.07, 6.45) is 1.34. The van der Waals surface area contributed by atoms with Gasteiger partial charge in [0.25, 0.3) is 5.91 Å². The first kappa shape index (κ1) is 16.7. The van der Waals surface area contributed by atoms with Crippen LogP contribution in [0.25, 0.3) is 0 Å². The molecule has 0 radical (unpaired) electrons. The molecule has 1 aromatic heterocycles. The number of H-pyrrole nitrogens is 1. The van der Waals surface area contributed by atoms with Crippen molar-refractivity contribution in [3.05, 3.63) is 47.8 Å². The fraction of sp³-hybridized carbons (Fsp3) is 0.312. The number of amides is 1. The quantitative estimate of drug-likeness (QED) is 0.877. The number of anilines is 1. The molecule has 3 rings (SSSR count). The fourth-order valence-corrected chi connectivity index (χ4v) is 3.90. The van der Waals surface area contributed by atoms with Gasteiger partial charge in [0, 0.05) is 25.0 Å². The maximum atomic E-state index is 12.6. The first-order valence-corrected chi connectivity index (χ1v) is 9.06. The van der Waals surface area contributed by atoms with Crippen molar-refractivity contribution >= 4 is 21.6 Å². The van der Waals surface area contributed by atoms with Crippen LogP contribution in [0.15, 0.2) is 41.4 Å². The summed E-state index contributed by atoms with van der Waals surface area (Å²) in [5, 5.41) is 2.77. The number of nitrogens with zero attached hydrogens (tertiary/aromatic N) is 1. The molecule has 7 nitrogen and oxygen atoms in total. The van der Waals surface area contributed by atoms with Crippen molar-refractivity contribution in [3.63, 3.8) is 0 Å². The average Bonchev–Trinajstić information content (AvgIpc) is 3.09. The Morgan fingerprint density at radius 2 is 1.96 bits per heavy atom. The predicted octanol–water partition coefficient (Wildman–Crippen LogP) is 1.60. The molecule has 1 aliphatic rings. The summed E-state index contributed by atoms with van der Waals surface area (Å²) < 4.78 is 31.6. The largest absolute Gasteiger partial charge is 0.379 e. The minimum Gasteiger partial charge on any atom is -0.379 e. The first-order valence-electron chi connectivity index (χ1n) is 7.62. The lowest BCUT2D eigenvalue weighted by molar-refractivity contribution is 0.0730. The molecule has 24 heavy (non-hydrogen) atoms. The maximum Gasteiger partial charge on any atom is 0.272 e. The molecule has 1 aromatic carbocycles. The van der Waals surface area contributed by atoms with Gasteiger partial charge in [-0.25, -0.2) is 8.42 Å². The van der Waals surface area contributed by atoms with Gasteiger partial charge in [0.2, 0.25) is 10.0 Å². The molecule has 0 atom stereocenters. The van der Waals surface area contributed by atoms with E-state index in [2.05, 4.69) is 10.3 Å². The van der Waals surface area contributed by atoms with E-state index in [1.165, 1.54) is 16.6 Å². The summed E-state index contributed by atoms with van der Waals surface area (Å²) >= 11 is 0. The van der Waals surface area contributed by atoms with Crippen LogP contribution in [0.5, 0.6) is 0 Å². The molecule has 0 aliphatic carbocycles. The number of rotatable bonds is 4. The monoisotopic (exact) mass is 349 g/mol. The number of para-hydroxylation sites is 1. The molecule has 1 fully saturated rings. The molecule has 0 saturated carbocycles. The lowest BCUT2D eigenvalue weighted by atomic mass is 10.2. The zero-order valence-corrected chi connectivity index (χ0v) is 14.1. The molecule has 2 aromatic rings. The van der Waals surface area contributed by atoms with Crippen molar-refractivity contribution in [3.8, 4) is 0 Å². The van der Waals surface area contributed by atoms with Gasteiger partial charge in [0.1, 0.15) is 10.6 Å². The number of ether oxygens (including phenoxy) is 1. The second-order valence-corrected chi connectivity index (χ2v) is 7.47. The van der Waals surface area contributed by atoms with Crippen molar-refractivity contribution in [2.75, 3.05) is 31.6 Å². The number of aromatic amines is 1. The highest BCUT2D eigenvalue weighted by Crippen LogP contribution is 2.19. The number of nitrogens with one attached hydrogen (secondary N) is 2. The summed E-state index contributed by atoms with van der Waals surface area (Å²) in [7, 11) is -3.61. The van der Waals surface area contributed by atoms with Gasteiger partial charge in [-0.2, -0.15) is 4.31 Å². The van der Waals surface area contributed by atoms with Gasteiger partial charge in [0.05, 0.1) is 13.2 Å². The van der Waals surface area contributed by atoms with E-state index in [-0.39, 0.29) is 16.5 Å². The van der Waals surface area contributed by atoms with E-state index < -0.39 is 10.0 Å². The fourth-order valence-electron chi connectivity index (χ4n) is 2.49. The molecule has 1 saturated heterocycles. The van der Waals surface area contributed by atoms with Crippen LogP contribution >= 0.6 is 0 Å². The van der Waals surface area contributed by atoms with Crippen molar-refractivity contribution in [2.24, 2.45) is 0 Å². The van der Waals surface area contributed by atoms with Crippen LogP contribution in [0, 0.1) is 6.92 Å². The minimum absolute atomic E-state index is 0.0827. The zero-order valence-electron chi connectivity index (χ0n) is 13.3. The number of aromatic nitrogens is 1. The van der Waals surface area contributed by atoms with E-state index in [0.29, 0.717) is 32.0 Å². The predicted molar refractivity (Wildman–Crippen MR) is 89.5 cm³/mol. The van der Waals surface area contributed by atoms with E-state index in [4.69, 9.17) is 4.74 Å². The molecule has 1 aliphatic heterocycles. The molecule has 1 amide bonds. The first-order chi connectivity index (χ1) is 11.5. The van der Waals surface area contributed by atoms with Crippen LogP contribution in [-0.4, -0.2) is 49.9 Å². The second-order valence-electron chi connectivity index (χ2n) is 5.53. The number of benzene rings is 1. The standard InChI is InChI=1S/C16H19N3O4S/c1-12-4-2-3-5-14(12)18-16(20)15-10-13(11-17-15)24(21,22)19-6-8-23-9-7-19/h2-5,10-11,17H,6-9H2,1H3,(H,18,20).